The molecule has 1 aromatic carbocycles. The van der Waals surface area contributed by atoms with Gasteiger partial charge >= 0.3 is 0 Å². The number of carbonyl (C=O) groups is 1. The number of pyridine rings is 1. The summed E-state index contributed by atoms with van der Waals surface area (Å²) in [5, 5.41) is 3.07. The van der Waals surface area contributed by atoms with Crippen LogP contribution in [0.3, 0.4) is 0 Å². The van der Waals surface area contributed by atoms with Gasteiger partial charge in [-0.1, -0.05) is 36.4 Å². The van der Waals surface area contributed by atoms with E-state index in [1.807, 2.05) is 30.3 Å². The monoisotopic (exact) mass is 238 g/mol. The van der Waals surface area contributed by atoms with Crippen molar-refractivity contribution < 1.29 is 4.79 Å². The van der Waals surface area contributed by atoms with Crippen molar-refractivity contribution in [2.45, 2.75) is 6.54 Å². The minimum atomic E-state index is -0.101. The zero-order valence-electron chi connectivity index (χ0n) is 9.91. The zero-order chi connectivity index (χ0) is 12.6. The molecule has 0 saturated carbocycles. The standard InChI is InChI=1S/C15H14N2O/c18-15(14-8-4-5-10-17-14)9-11-16-12-13-6-2-1-3-7-13/h1-11,16H,12H2/b11-9+. The number of hydrogen-bond donors (Lipinski definition) is 1. The molecule has 0 aliphatic heterocycles. The first-order valence-corrected chi connectivity index (χ1v) is 5.75. The van der Waals surface area contributed by atoms with Crippen LogP contribution in [0, 0.1) is 0 Å². The first-order valence-electron chi connectivity index (χ1n) is 5.75. The second-order valence-electron chi connectivity index (χ2n) is 3.78. The van der Waals surface area contributed by atoms with Gasteiger partial charge < -0.3 is 5.32 Å². The van der Waals surface area contributed by atoms with E-state index in [0.717, 1.165) is 0 Å². The zero-order valence-corrected chi connectivity index (χ0v) is 9.91. The van der Waals surface area contributed by atoms with Gasteiger partial charge in [-0.25, -0.2) is 0 Å². The Morgan fingerprint density at radius 1 is 1.11 bits per heavy atom. The predicted molar refractivity (Wildman–Crippen MR) is 71.0 cm³/mol. The molecule has 3 nitrogen and oxygen atoms in total. The second-order valence-corrected chi connectivity index (χ2v) is 3.78. The van der Waals surface area contributed by atoms with Crippen molar-refractivity contribution in [2.75, 3.05) is 0 Å². The molecule has 0 saturated heterocycles. The summed E-state index contributed by atoms with van der Waals surface area (Å²) >= 11 is 0. The Labute approximate surface area is 106 Å². The minimum absolute atomic E-state index is 0.101. The van der Waals surface area contributed by atoms with E-state index in [1.165, 1.54) is 11.6 Å². The van der Waals surface area contributed by atoms with Crippen LogP contribution in [0.4, 0.5) is 0 Å². The average molecular weight is 238 g/mol. The Morgan fingerprint density at radius 2 is 1.89 bits per heavy atom. The lowest BCUT2D eigenvalue weighted by Gasteiger charge is -2.00. The quantitative estimate of drug-likeness (QED) is 0.643. The van der Waals surface area contributed by atoms with Crippen LogP contribution in [0.1, 0.15) is 16.1 Å². The summed E-state index contributed by atoms with van der Waals surface area (Å²) in [7, 11) is 0. The van der Waals surface area contributed by atoms with Crippen molar-refractivity contribution in [3.05, 3.63) is 78.3 Å². The molecule has 0 aliphatic carbocycles. The van der Waals surface area contributed by atoms with Crippen LogP contribution in [0.2, 0.25) is 0 Å². The molecule has 0 unspecified atom stereocenters. The largest absolute Gasteiger partial charge is 0.387 e. The topological polar surface area (TPSA) is 42.0 Å². The summed E-state index contributed by atoms with van der Waals surface area (Å²) in [4.78, 5) is 15.7. The first-order chi connectivity index (χ1) is 8.86. The molecule has 0 amide bonds. The maximum Gasteiger partial charge on any atom is 0.205 e. The van der Waals surface area contributed by atoms with Gasteiger partial charge in [-0.3, -0.25) is 9.78 Å². The molecule has 90 valence electrons. The summed E-state index contributed by atoms with van der Waals surface area (Å²) in [6, 6.07) is 15.3. The van der Waals surface area contributed by atoms with Crippen LogP contribution in [-0.2, 0) is 6.54 Å². The second kappa shape index (κ2) is 6.35. The number of hydrogen-bond acceptors (Lipinski definition) is 3. The van der Waals surface area contributed by atoms with Crippen molar-refractivity contribution in [1.82, 2.24) is 10.3 Å². The number of benzene rings is 1. The lowest BCUT2D eigenvalue weighted by molar-refractivity contribution is 0.104. The van der Waals surface area contributed by atoms with Gasteiger partial charge in [-0.2, -0.15) is 0 Å². The number of nitrogens with zero attached hydrogens (tertiary/aromatic N) is 1. The van der Waals surface area contributed by atoms with E-state index in [9.17, 15) is 4.79 Å². The number of rotatable bonds is 5. The maximum absolute atomic E-state index is 11.7. The summed E-state index contributed by atoms with van der Waals surface area (Å²) in [6.07, 6.45) is 4.76. The van der Waals surface area contributed by atoms with Gasteiger partial charge in [-0.05, 0) is 17.7 Å². The normalized spacial score (nSPS) is 10.4. The Hall–Kier alpha value is -2.42. The summed E-state index contributed by atoms with van der Waals surface area (Å²) in [5.74, 6) is -0.101. The van der Waals surface area contributed by atoms with Crippen molar-refractivity contribution in [2.24, 2.45) is 0 Å². The lowest BCUT2D eigenvalue weighted by atomic mass is 10.2. The molecule has 18 heavy (non-hydrogen) atoms. The van der Waals surface area contributed by atoms with Crippen LogP contribution in [0.5, 0.6) is 0 Å². The summed E-state index contributed by atoms with van der Waals surface area (Å²) in [5.41, 5.74) is 1.63. The molecule has 0 bridgehead atoms. The van der Waals surface area contributed by atoms with Gasteiger partial charge in [0.1, 0.15) is 5.69 Å². The fourth-order valence-electron chi connectivity index (χ4n) is 1.50. The third-order valence-corrected chi connectivity index (χ3v) is 2.42. The average Bonchev–Trinajstić information content (AvgIpc) is 2.45. The van der Waals surface area contributed by atoms with E-state index in [-0.39, 0.29) is 5.78 Å². The van der Waals surface area contributed by atoms with Gasteiger partial charge in [-0.15, -0.1) is 0 Å². The van der Waals surface area contributed by atoms with Crippen molar-refractivity contribution in [3.8, 4) is 0 Å². The van der Waals surface area contributed by atoms with Gasteiger partial charge in [0.15, 0.2) is 0 Å². The van der Waals surface area contributed by atoms with Crippen LogP contribution in [-0.4, -0.2) is 10.8 Å². The van der Waals surface area contributed by atoms with E-state index in [4.69, 9.17) is 0 Å². The van der Waals surface area contributed by atoms with Crippen molar-refractivity contribution >= 4 is 5.78 Å². The number of aromatic nitrogens is 1. The molecule has 0 atom stereocenters. The smallest absolute Gasteiger partial charge is 0.205 e. The molecule has 1 aromatic heterocycles. The Kier molecular flexibility index (Phi) is 4.25. The van der Waals surface area contributed by atoms with Crippen LogP contribution < -0.4 is 5.32 Å². The molecule has 2 rings (SSSR count). The van der Waals surface area contributed by atoms with Crippen LogP contribution >= 0.6 is 0 Å². The molecule has 3 heteroatoms. The molecule has 0 radical (unpaired) electrons. The molecule has 0 spiro atoms. The first kappa shape index (κ1) is 12.0. The van der Waals surface area contributed by atoms with E-state index >= 15 is 0 Å². The molecule has 0 aliphatic rings. The van der Waals surface area contributed by atoms with Crippen LogP contribution in [0.25, 0.3) is 0 Å². The van der Waals surface area contributed by atoms with E-state index in [0.29, 0.717) is 12.2 Å². The molecule has 0 fully saturated rings. The van der Waals surface area contributed by atoms with Gasteiger partial charge in [0, 0.05) is 25.0 Å². The Bertz CT molecular complexity index is 521. The lowest BCUT2D eigenvalue weighted by Crippen LogP contribution is -2.06. The summed E-state index contributed by atoms with van der Waals surface area (Å²) in [6.45, 7) is 0.701. The highest BCUT2D eigenvalue weighted by atomic mass is 16.1. The SMILES string of the molecule is O=C(/C=C/NCc1ccccc1)c1ccccn1. The fraction of sp³-hybridized carbons (Fsp3) is 0.0667. The highest BCUT2D eigenvalue weighted by molar-refractivity contribution is 6.02. The number of carbonyl (C=O) groups excluding carboxylic acids is 1. The van der Waals surface area contributed by atoms with E-state index < -0.39 is 0 Å². The van der Waals surface area contributed by atoms with Crippen molar-refractivity contribution in [3.63, 3.8) is 0 Å². The van der Waals surface area contributed by atoms with Gasteiger partial charge in [0.05, 0.1) is 0 Å². The number of nitrogens with one attached hydrogen (secondary N) is 1. The van der Waals surface area contributed by atoms with E-state index in [1.54, 1.807) is 30.6 Å². The van der Waals surface area contributed by atoms with E-state index in [2.05, 4.69) is 10.3 Å². The minimum Gasteiger partial charge on any atom is -0.387 e. The third kappa shape index (κ3) is 3.56. The highest BCUT2D eigenvalue weighted by Crippen LogP contribution is 1.98. The van der Waals surface area contributed by atoms with Gasteiger partial charge in [0.2, 0.25) is 5.78 Å². The Balaban J connectivity index is 1.84. The molecule has 2 aromatic rings. The number of allylic oxidation sites excluding steroid dienone is 1. The highest BCUT2D eigenvalue weighted by Gasteiger charge is 2.00. The molecular weight excluding hydrogens is 224 g/mol. The maximum atomic E-state index is 11.7. The van der Waals surface area contributed by atoms with Crippen molar-refractivity contribution in [1.29, 1.82) is 0 Å². The molecular formula is C15H14N2O. The predicted octanol–water partition coefficient (Wildman–Crippen LogP) is 2.57. The third-order valence-electron chi connectivity index (χ3n) is 2.42. The molecule has 1 heterocycles. The van der Waals surface area contributed by atoms with Crippen LogP contribution in [0.15, 0.2) is 67.0 Å². The van der Waals surface area contributed by atoms with Gasteiger partial charge in [0.25, 0.3) is 0 Å². The molecule has 1 N–H and O–H groups in total. The Morgan fingerprint density at radius 3 is 2.61 bits per heavy atom. The fourth-order valence-corrected chi connectivity index (χ4v) is 1.50. The summed E-state index contributed by atoms with van der Waals surface area (Å²) < 4.78 is 0. The number of ketones is 1.